The number of carboxylic acids is 1. The van der Waals surface area contributed by atoms with E-state index in [-0.39, 0.29) is 10.5 Å². The Morgan fingerprint density at radius 2 is 1.92 bits per heavy atom. The van der Waals surface area contributed by atoms with Gasteiger partial charge in [-0.1, -0.05) is 30.3 Å². The fourth-order valence-corrected chi connectivity index (χ4v) is 3.94. The number of halogens is 1. The molecule has 26 heavy (non-hydrogen) atoms. The normalized spacial score (nSPS) is 11.3. The molecule has 2 N–H and O–H groups in total. The largest absolute Gasteiger partial charge is 0.478 e. The van der Waals surface area contributed by atoms with Crippen LogP contribution in [0.5, 0.6) is 0 Å². The van der Waals surface area contributed by atoms with E-state index in [1.54, 1.807) is 10.9 Å². The first-order valence-electron chi connectivity index (χ1n) is 7.47. The number of rotatable bonds is 6. The number of benzene rings is 2. The van der Waals surface area contributed by atoms with Crippen molar-refractivity contribution in [3.8, 4) is 0 Å². The van der Waals surface area contributed by atoms with Crippen molar-refractivity contribution in [2.24, 2.45) is 0 Å². The van der Waals surface area contributed by atoms with Gasteiger partial charge in [0.1, 0.15) is 0 Å². The van der Waals surface area contributed by atoms with Crippen LogP contribution in [0.4, 0.5) is 5.69 Å². The average molecular weight is 483 g/mol. The molecule has 0 bridgehead atoms. The predicted molar refractivity (Wildman–Crippen MR) is 105 cm³/mol. The van der Waals surface area contributed by atoms with E-state index in [0.717, 1.165) is 11.6 Å². The summed E-state index contributed by atoms with van der Waals surface area (Å²) in [6, 6.07) is 13.6. The van der Waals surface area contributed by atoms with Gasteiger partial charge in [-0.25, -0.2) is 13.2 Å². The van der Waals surface area contributed by atoms with Crippen molar-refractivity contribution in [1.29, 1.82) is 0 Å². The quantitative estimate of drug-likeness (QED) is 0.525. The molecule has 0 aliphatic heterocycles. The van der Waals surface area contributed by atoms with Gasteiger partial charge < -0.3 is 5.11 Å². The minimum absolute atomic E-state index is 0.0618. The number of hydrogen-bond donors (Lipinski definition) is 2. The standard InChI is InChI=1S/C17H14IN3O4S/c18-16-7-6-14(8-15(16)17(22)23)26(24,25)20-13-9-19-21(11-13)10-12-4-2-1-3-5-12/h1-9,11,20H,10H2,(H,22,23). The number of carboxylic acid groups (broad SMARTS) is 1. The smallest absolute Gasteiger partial charge is 0.336 e. The summed E-state index contributed by atoms with van der Waals surface area (Å²) < 4.78 is 29.5. The maximum absolute atomic E-state index is 12.5. The molecule has 0 saturated heterocycles. The molecule has 0 fully saturated rings. The van der Waals surface area contributed by atoms with Gasteiger partial charge in [0.15, 0.2) is 0 Å². The maximum Gasteiger partial charge on any atom is 0.336 e. The van der Waals surface area contributed by atoms with Gasteiger partial charge in [0.05, 0.1) is 28.9 Å². The zero-order valence-electron chi connectivity index (χ0n) is 13.3. The molecule has 0 amide bonds. The molecule has 9 heteroatoms. The van der Waals surface area contributed by atoms with Crippen molar-refractivity contribution in [1.82, 2.24) is 9.78 Å². The van der Waals surface area contributed by atoms with Crippen molar-refractivity contribution < 1.29 is 18.3 Å². The number of nitrogens with one attached hydrogen (secondary N) is 1. The Hall–Kier alpha value is -2.40. The second-order valence-corrected chi connectivity index (χ2v) is 8.31. The number of hydrogen-bond acceptors (Lipinski definition) is 4. The Morgan fingerprint density at radius 1 is 1.19 bits per heavy atom. The highest BCUT2D eigenvalue weighted by atomic mass is 127. The van der Waals surface area contributed by atoms with E-state index in [4.69, 9.17) is 5.11 Å². The summed E-state index contributed by atoms with van der Waals surface area (Å²) in [5, 5.41) is 13.3. The van der Waals surface area contributed by atoms with Crippen LogP contribution < -0.4 is 4.72 Å². The van der Waals surface area contributed by atoms with Crippen molar-refractivity contribution in [2.45, 2.75) is 11.4 Å². The lowest BCUT2D eigenvalue weighted by atomic mass is 10.2. The molecule has 2 aromatic carbocycles. The lowest BCUT2D eigenvalue weighted by Gasteiger charge is -2.08. The second kappa shape index (κ2) is 7.46. The molecule has 0 unspecified atom stereocenters. The molecule has 0 spiro atoms. The van der Waals surface area contributed by atoms with Crippen molar-refractivity contribution in [3.63, 3.8) is 0 Å². The number of aromatic carboxylic acids is 1. The number of carbonyl (C=O) groups is 1. The molecular formula is C17H14IN3O4S. The van der Waals surface area contributed by atoms with Crippen LogP contribution in [0, 0.1) is 3.57 Å². The van der Waals surface area contributed by atoms with Crippen LogP contribution in [-0.4, -0.2) is 29.3 Å². The van der Waals surface area contributed by atoms with Gasteiger partial charge in [-0.3, -0.25) is 9.40 Å². The van der Waals surface area contributed by atoms with Crippen molar-refractivity contribution >= 4 is 44.3 Å². The van der Waals surface area contributed by atoms with Crippen LogP contribution in [-0.2, 0) is 16.6 Å². The summed E-state index contributed by atoms with van der Waals surface area (Å²) in [6.07, 6.45) is 2.99. The van der Waals surface area contributed by atoms with Crippen molar-refractivity contribution in [3.05, 3.63) is 75.6 Å². The number of nitrogens with zero attached hydrogens (tertiary/aromatic N) is 2. The zero-order chi connectivity index (χ0) is 18.7. The summed E-state index contributed by atoms with van der Waals surface area (Å²) in [4.78, 5) is 11.1. The third-order valence-corrected chi connectivity index (χ3v) is 5.87. The Kier molecular flexibility index (Phi) is 5.28. The molecule has 1 aromatic heterocycles. The summed E-state index contributed by atoms with van der Waals surface area (Å²) in [5.74, 6) is -1.18. The lowest BCUT2D eigenvalue weighted by molar-refractivity contribution is 0.0695. The molecule has 0 aliphatic carbocycles. The Bertz CT molecular complexity index is 1050. The topological polar surface area (TPSA) is 101 Å². The van der Waals surface area contributed by atoms with Crippen LogP contribution in [0.1, 0.15) is 15.9 Å². The highest BCUT2D eigenvalue weighted by molar-refractivity contribution is 14.1. The van der Waals surface area contributed by atoms with Gasteiger partial charge in [-0.2, -0.15) is 5.10 Å². The summed E-state index contributed by atoms with van der Waals surface area (Å²) in [6.45, 7) is 0.509. The van der Waals surface area contributed by atoms with E-state index in [1.165, 1.54) is 18.3 Å². The molecular weight excluding hydrogens is 469 g/mol. The summed E-state index contributed by atoms with van der Waals surface area (Å²) >= 11 is 1.85. The SMILES string of the molecule is O=C(O)c1cc(S(=O)(=O)Nc2cnn(Cc3ccccc3)c2)ccc1I. The maximum atomic E-state index is 12.5. The number of aromatic nitrogens is 2. The summed E-state index contributed by atoms with van der Waals surface area (Å²) in [7, 11) is -3.92. The van der Waals surface area contributed by atoms with Gasteiger partial charge >= 0.3 is 5.97 Å². The Labute approximate surface area is 163 Å². The van der Waals surface area contributed by atoms with Crippen molar-refractivity contribution in [2.75, 3.05) is 4.72 Å². The van der Waals surface area contributed by atoms with Crippen LogP contribution in [0.3, 0.4) is 0 Å². The van der Waals surface area contributed by atoms with Gasteiger partial charge in [-0.05, 0) is 46.4 Å². The fraction of sp³-hybridized carbons (Fsp3) is 0.0588. The molecule has 134 valence electrons. The number of sulfonamides is 1. The first-order valence-corrected chi connectivity index (χ1v) is 10.0. The van der Waals surface area contributed by atoms with Gasteiger partial charge in [0, 0.05) is 9.77 Å². The van der Waals surface area contributed by atoms with Gasteiger partial charge in [-0.15, -0.1) is 0 Å². The predicted octanol–water partition coefficient (Wildman–Crippen LogP) is 3.04. The van der Waals surface area contributed by atoms with E-state index in [1.807, 2.05) is 52.9 Å². The first kappa shape index (κ1) is 18.4. The molecule has 3 aromatic rings. The van der Waals surface area contributed by atoms with Crippen LogP contribution in [0.2, 0.25) is 0 Å². The number of anilines is 1. The minimum atomic E-state index is -3.92. The average Bonchev–Trinajstić information content (AvgIpc) is 3.01. The van der Waals surface area contributed by atoms with E-state index in [9.17, 15) is 13.2 Å². The molecule has 1 heterocycles. The van der Waals surface area contributed by atoms with Gasteiger partial charge in [0.2, 0.25) is 0 Å². The highest BCUT2D eigenvalue weighted by Gasteiger charge is 2.19. The highest BCUT2D eigenvalue weighted by Crippen LogP contribution is 2.20. The van der Waals surface area contributed by atoms with E-state index in [0.29, 0.717) is 15.8 Å². The Balaban J connectivity index is 1.80. The molecule has 0 radical (unpaired) electrons. The van der Waals surface area contributed by atoms with Crippen LogP contribution in [0.25, 0.3) is 0 Å². The Morgan fingerprint density at radius 3 is 2.62 bits per heavy atom. The first-order chi connectivity index (χ1) is 12.3. The fourth-order valence-electron chi connectivity index (χ4n) is 2.32. The second-order valence-electron chi connectivity index (χ2n) is 5.46. The van der Waals surface area contributed by atoms with E-state index in [2.05, 4.69) is 9.82 Å². The van der Waals surface area contributed by atoms with Gasteiger partial charge in [0.25, 0.3) is 10.0 Å². The molecule has 3 rings (SSSR count). The lowest BCUT2D eigenvalue weighted by Crippen LogP contribution is -2.14. The summed E-state index contributed by atoms with van der Waals surface area (Å²) in [5.41, 5.74) is 1.28. The molecule has 7 nitrogen and oxygen atoms in total. The third kappa shape index (κ3) is 4.22. The monoisotopic (exact) mass is 483 g/mol. The zero-order valence-corrected chi connectivity index (χ0v) is 16.3. The molecule has 0 aliphatic rings. The van der Waals surface area contributed by atoms with E-state index < -0.39 is 16.0 Å². The van der Waals surface area contributed by atoms with Crippen LogP contribution >= 0.6 is 22.6 Å². The molecule has 0 saturated carbocycles. The molecule has 0 atom stereocenters. The minimum Gasteiger partial charge on any atom is -0.478 e. The van der Waals surface area contributed by atoms with E-state index >= 15 is 0 Å². The third-order valence-electron chi connectivity index (χ3n) is 3.55. The van der Waals surface area contributed by atoms with Crippen LogP contribution in [0.15, 0.2) is 65.8 Å².